The van der Waals surface area contributed by atoms with Crippen LogP contribution in [0.1, 0.15) is 72.1 Å². The van der Waals surface area contributed by atoms with Crippen LogP contribution in [-0.2, 0) is 0 Å². The van der Waals surface area contributed by atoms with Gasteiger partial charge in [0.1, 0.15) is 0 Å². The lowest BCUT2D eigenvalue weighted by Gasteiger charge is -2.41. The Bertz CT molecular complexity index is 235. The topological polar surface area (TPSA) is 3.24 Å². The molecule has 0 radical (unpaired) electrons. The number of nitrogens with zero attached hydrogens (tertiary/aromatic N) is 1. The first-order chi connectivity index (χ1) is 9.06. The summed E-state index contributed by atoms with van der Waals surface area (Å²) in [6.45, 7) is 8.30. The molecule has 0 bridgehead atoms. The maximum absolute atomic E-state index is 4.70. The minimum absolute atomic E-state index is 0.446. The zero-order valence-electron chi connectivity index (χ0n) is 13.6. The van der Waals surface area contributed by atoms with E-state index in [1.54, 1.807) is 0 Å². The Kier molecular flexibility index (Phi) is 7.83. The van der Waals surface area contributed by atoms with Gasteiger partial charge in [-0.15, -0.1) is 0 Å². The molecule has 2 heteroatoms. The average Bonchev–Trinajstić information content (AvgIpc) is 2.39. The Morgan fingerprint density at radius 3 is 2.26 bits per heavy atom. The molecule has 1 rings (SSSR count). The Morgan fingerprint density at radius 1 is 1.16 bits per heavy atom. The lowest BCUT2D eigenvalue weighted by molar-refractivity contribution is 0.0993. The molecule has 0 aliphatic heterocycles. The summed E-state index contributed by atoms with van der Waals surface area (Å²) in [5, 5.41) is 0. The third-order valence-corrected chi connectivity index (χ3v) is 5.68. The molecule has 114 valence electrons. The van der Waals surface area contributed by atoms with Gasteiger partial charge < -0.3 is 4.90 Å². The first kappa shape index (κ1) is 17.4. The van der Waals surface area contributed by atoms with Gasteiger partial charge in [-0.3, -0.25) is 0 Å². The second-order valence-corrected chi connectivity index (χ2v) is 7.32. The smallest absolute Gasteiger partial charge is 0.00949 e. The van der Waals surface area contributed by atoms with Crippen molar-refractivity contribution < 1.29 is 0 Å². The normalized spacial score (nSPS) is 24.9. The third kappa shape index (κ3) is 5.30. The van der Waals surface area contributed by atoms with Crippen LogP contribution in [-0.4, -0.2) is 30.3 Å². The van der Waals surface area contributed by atoms with Crippen LogP contribution >= 0.6 is 12.6 Å². The molecule has 2 atom stereocenters. The van der Waals surface area contributed by atoms with Crippen molar-refractivity contribution in [3.8, 4) is 0 Å². The highest BCUT2D eigenvalue weighted by atomic mass is 32.1. The summed E-state index contributed by atoms with van der Waals surface area (Å²) < 4.78 is 0. The van der Waals surface area contributed by atoms with E-state index in [-0.39, 0.29) is 0 Å². The second kappa shape index (κ2) is 8.56. The van der Waals surface area contributed by atoms with E-state index in [4.69, 9.17) is 12.6 Å². The molecule has 0 amide bonds. The first-order valence-electron chi connectivity index (χ1n) is 8.38. The van der Waals surface area contributed by atoms with E-state index in [0.29, 0.717) is 5.41 Å². The predicted octanol–water partition coefficient (Wildman–Crippen LogP) is 5.01. The molecule has 0 aromatic heterocycles. The minimum Gasteiger partial charge on any atom is -0.303 e. The largest absolute Gasteiger partial charge is 0.303 e. The van der Waals surface area contributed by atoms with Crippen molar-refractivity contribution in [2.24, 2.45) is 11.3 Å². The molecule has 0 N–H and O–H groups in total. The molecule has 0 heterocycles. The van der Waals surface area contributed by atoms with E-state index < -0.39 is 0 Å². The lowest BCUT2D eigenvalue weighted by Crippen LogP contribution is -2.44. The van der Waals surface area contributed by atoms with Crippen molar-refractivity contribution in [1.29, 1.82) is 0 Å². The molecular weight excluding hydrogens is 250 g/mol. The standard InChI is InChI=1S/C17H35NS/c1-5-10-17(14-19,11-6-2)13-18(4)16-9-7-8-15(3)12-16/h15-16,19H,5-14H2,1-4H3. The first-order valence-corrected chi connectivity index (χ1v) is 9.01. The van der Waals surface area contributed by atoms with Gasteiger partial charge >= 0.3 is 0 Å². The van der Waals surface area contributed by atoms with E-state index in [1.165, 1.54) is 57.9 Å². The van der Waals surface area contributed by atoms with Crippen LogP contribution in [0.5, 0.6) is 0 Å². The van der Waals surface area contributed by atoms with Crippen molar-refractivity contribution in [3.63, 3.8) is 0 Å². The summed E-state index contributed by atoms with van der Waals surface area (Å²) in [5.74, 6) is 1.96. The van der Waals surface area contributed by atoms with Gasteiger partial charge in [-0.25, -0.2) is 0 Å². The Hall–Kier alpha value is 0.310. The number of hydrogen-bond acceptors (Lipinski definition) is 2. The van der Waals surface area contributed by atoms with Crippen LogP contribution < -0.4 is 0 Å². The molecule has 0 saturated heterocycles. The zero-order chi connectivity index (χ0) is 14.3. The molecule has 19 heavy (non-hydrogen) atoms. The molecule has 1 aliphatic rings. The maximum atomic E-state index is 4.70. The van der Waals surface area contributed by atoms with Gasteiger partial charge in [-0.1, -0.05) is 46.5 Å². The van der Waals surface area contributed by atoms with E-state index >= 15 is 0 Å². The van der Waals surface area contributed by atoms with Gasteiger partial charge in [0.15, 0.2) is 0 Å². The quantitative estimate of drug-likeness (QED) is 0.613. The van der Waals surface area contributed by atoms with Crippen LogP contribution in [0.3, 0.4) is 0 Å². The predicted molar refractivity (Wildman–Crippen MR) is 90.2 cm³/mol. The second-order valence-electron chi connectivity index (χ2n) is 7.00. The molecular formula is C17H35NS. The third-order valence-electron chi connectivity index (χ3n) is 5.01. The fraction of sp³-hybridized carbons (Fsp3) is 1.00. The minimum atomic E-state index is 0.446. The summed E-state index contributed by atoms with van der Waals surface area (Å²) in [6.07, 6.45) is 10.9. The molecule has 1 aliphatic carbocycles. The molecule has 1 fully saturated rings. The van der Waals surface area contributed by atoms with Crippen LogP contribution in [0.15, 0.2) is 0 Å². The van der Waals surface area contributed by atoms with Gasteiger partial charge in [0, 0.05) is 12.6 Å². The van der Waals surface area contributed by atoms with Gasteiger partial charge in [0.25, 0.3) is 0 Å². The van der Waals surface area contributed by atoms with Crippen molar-refractivity contribution in [3.05, 3.63) is 0 Å². The number of rotatable bonds is 8. The summed E-state index contributed by atoms with van der Waals surface area (Å²) >= 11 is 4.70. The Morgan fingerprint density at radius 2 is 1.79 bits per heavy atom. The number of thiol groups is 1. The van der Waals surface area contributed by atoms with Gasteiger partial charge in [0.05, 0.1) is 0 Å². The van der Waals surface area contributed by atoms with E-state index in [2.05, 4.69) is 32.7 Å². The molecule has 0 spiro atoms. The van der Waals surface area contributed by atoms with Crippen LogP contribution in [0, 0.1) is 11.3 Å². The highest BCUT2D eigenvalue weighted by Crippen LogP contribution is 2.35. The fourth-order valence-corrected chi connectivity index (χ4v) is 4.43. The molecule has 0 aromatic rings. The van der Waals surface area contributed by atoms with Crippen molar-refractivity contribution in [2.45, 2.75) is 78.2 Å². The number of hydrogen-bond donors (Lipinski definition) is 1. The highest BCUT2D eigenvalue weighted by Gasteiger charge is 2.31. The van der Waals surface area contributed by atoms with Crippen LogP contribution in [0.25, 0.3) is 0 Å². The zero-order valence-corrected chi connectivity index (χ0v) is 14.5. The van der Waals surface area contributed by atoms with E-state index in [1.807, 2.05) is 0 Å². The lowest BCUT2D eigenvalue weighted by atomic mass is 9.79. The SMILES string of the molecule is CCCC(CS)(CCC)CN(C)C1CCCC(C)C1. The van der Waals surface area contributed by atoms with Crippen LogP contribution in [0.4, 0.5) is 0 Å². The summed E-state index contributed by atoms with van der Waals surface area (Å²) in [4.78, 5) is 2.66. The average molecular weight is 286 g/mol. The fourth-order valence-electron chi connectivity index (χ4n) is 4.01. The summed E-state index contributed by atoms with van der Waals surface area (Å²) in [7, 11) is 2.35. The summed E-state index contributed by atoms with van der Waals surface area (Å²) in [6, 6.07) is 0.816. The van der Waals surface area contributed by atoms with Crippen molar-refractivity contribution >= 4 is 12.6 Å². The molecule has 1 nitrogen and oxygen atoms in total. The van der Waals surface area contributed by atoms with E-state index in [9.17, 15) is 0 Å². The monoisotopic (exact) mass is 285 g/mol. The maximum Gasteiger partial charge on any atom is 0.00949 e. The van der Waals surface area contributed by atoms with Gasteiger partial charge in [-0.05, 0) is 49.8 Å². The Balaban J connectivity index is 2.60. The van der Waals surface area contributed by atoms with Gasteiger partial charge in [0.2, 0.25) is 0 Å². The Labute approximate surface area is 126 Å². The van der Waals surface area contributed by atoms with E-state index in [0.717, 1.165) is 17.7 Å². The summed E-state index contributed by atoms with van der Waals surface area (Å²) in [5.41, 5.74) is 0.446. The molecule has 0 aromatic carbocycles. The van der Waals surface area contributed by atoms with Crippen molar-refractivity contribution in [2.75, 3.05) is 19.3 Å². The molecule has 2 unspecified atom stereocenters. The van der Waals surface area contributed by atoms with Crippen LogP contribution in [0.2, 0.25) is 0 Å². The van der Waals surface area contributed by atoms with Gasteiger partial charge in [-0.2, -0.15) is 12.6 Å². The molecule has 1 saturated carbocycles. The highest BCUT2D eigenvalue weighted by molar-refractivity contribution is 7.80. The van der Waals surface area contributed by atoms with Crippen molar-refractivity contribution in [1.82, 2.24) is 4.90 Å².